The van der Waals surface area contributed by atoms with Gasteiger partial charge in [-0.25, -0.2) is 4.79 Å². The predicted molar refractivity (Wildman–Crippen MR) is 94.5 cm³/mol. The highest BCUT2D eigenvalue weighted by Gasteiger charge is 2.25. The number of carbonyl (C=O) groups excluding carboxylic acids is 2. The van der Waals surface area contributed by atoms with Crippen LogP contribution in [0.15, 0.2) is 30.3 Å². The number of rotatable bonds is 7. The van der Waals surface area contributed by atoms with E-state index >= 15 is 0 Å². The zero-order valence-corrected chi connectivity index (χ0v) is 14.9. The number of ether oxygens (including phenoxy) is 1. The number of hydrogen-bond acceptors (Lipinski definition) is 4. The Morgan fingerprint density at radius 2 is 2.04 bits per heavy atom. The number of morpholine rings is 1. The fraction of sp³-hybridized carbons (Fsp3) is 0.500. The van der Waals surface area contributed by atoms with Gasteiger partial charge < -0.3 is 25.0 Å². The van der Waals surface area contributed by atoms with Gasteiger partial charge in [-0.1, -0.05) is 30.3 Å². The molecule has 2 N–H and O–H groups in total. The first-order chi connectivity index (χ1) is 12.5. The second kappa shape index (κ2) is 9.76. The first-order valence-electron chi connectivity index (χ1n) is 8.59. The van der Waals surface area contributed by atoms with Gasteiger partial charge in [-0.15, -0.1) is 0 Å². The lowest BCUT2D eigenvalue weighted by Gasteiger charge is -2.32. The van der Waals surface area contributed by atoms with E-state index in [0.717, 1.165) is 5.56 Å². The van der Waals surface area contributed by atoms with Crippen molar-refractivity contribution in [1.29, 1.82) is 0 Å². The summed E-state index contributed by atoms with van der Waals surface area (Å²) in [7, 11) is 1.70. The van der Waals surface area contributed by atoms with Crippen LogP contribution >= 0.6 is 0 Å². The summed E-state index contributed by atoms with van der Waals surface area (Å²) >= 11 is 0. The number of nitrogens with zero attached hydrogens (tertiary/aromatic N) is 2. The van der Waals surface area contributed by atoms with Crippen LogP contribution < -0.4 is 5.32 Å². The second-order valence-corrected chi connectivity index (χ2v) is 6.25. The van der Waals surface area contributed by atoms with E-state index in [-0.39, 0.29) is 37.9 Å². The summed E-state index contributed by atoms with van der Waals surface area (Å²) < 4.78 is 5.35. The molecule has 3 amide bonds. The second-order valence-electron chi connectivity index (χ2n) is 6.25. The molecule has 1 aliphatic heterocycles. The predicted octanol–water partition coefficient (Wildman–Crippen LogP) is 0.920. The van der Waals surface area contributed by atoms with Gasteiger partial charge in [0.25, 0.3) is 0 Å². The fourth-order valence-electron chi connectivity index (χ4n) is 2.76. The van der Waals surface area contributed by atoms with Crippen molar-refractivity contribution in [1.82, 2.24) is 15.1 Å². The normalized spacial score (nSPS) is 16.8. The van der Waals surface area contributed by atoms with Gasteiger partial charge >= 0.3 is 12.0 Å². The molecule has 1 aliphatic rings. The van der Waals surface area contributed by atoms with E-state index in [4.69, 9.17) is 9.84 Å². The summed E-state index contributed by atoms with van der Waals surface area (Å²) in [5.41, 5.74) is 1.03. The molecule has 1 aromatic carbocycles. The lowest BCUT2D eigenvalue weighted by Crippen LogP contribution is -2.47. The smallest absolute Gasteiger partial charge is 0.317 e. The molecule has 1 aromatic rings. The molecule has 1 unspecified atom stereocenters. The van der Waals surface area contributed by atoms with Gasteiger partial charge in [-0.2, -0.15) is 0 Å². The number of carboxylic acids is 1. The van der Waals surface area contributed by atoms with E-state index in [2.05, 4.69) is 5.32 Å². The first kappa shape index (κ1) is 19.7. The standard InChI is InChI=1S/C18H25N3O5/c1-20(12-14-5-3-2-4-6-14)18(25)19-8-7-16(22)21-9-10-26-15(13-21)11-17(23)24/h2-6,15H,7-13H2,1H3,(H,19,25)(H,23,24). The van der Waals surface area contributed by atoms with Gasteiger partial charge in [0.1, 0.15) is 0 Å². The van der Waals surface area contributed by atoms with E-state index in [1.165, 1.54) is 0 Å². The number of aliphatic carboxylic acids is 1. The SMILES string of the molecule is CN(Cc1ccccc1)C(=O)NCCC(=O)N1CCOC(CC(=O)O)C1. The molecule has 0 aromatic heterocycles. The molecule has 0 saturated carbocycles. The Labute approximate surface area is 152 Å². The molecule has 142 valence electrons. The van der Waals surface area contributed by atoms with Crippen LogP contribution in [0.25, 0.3) is 0 Å². The quantitative estimate of drug-likeness (QED) is 0.750. The van der Waals surface area contributed by atoms with Crippen molar-refractivity contribution >= 4 is 17.9 Å². The third-order valence-electron chi connectivity index (χ3n) is 4.12. The minimum Gasteiger partial charge on any atom is -0.481 e. The summed E-state index contributed by atoms with van der Waals surface area (Å²) in [4.78, 5) is 38.2. The number of carbonyl (C=O) groups is 3. The average molecular weight is 363 g/mol. The summed E-state index contributed by atoms with van der Waals surface area (Å²) in [6, 6.07) is 9.40. The van der Waals surface area contributed by atoms with Crippen molar-refractivity contribution in [3.05, 3.63) is 35.9 Å². The third kappa shape index (κ3) is 6.36. The van der Waals surface area contributed by atoms with E-state index in [1.54, 1.807) is 16.8 Å². The van der Waals surface area contributed by atoms with E-state index in [0.29, 0.717) is 19.7 Å². The van der Waals surface area contributed by atoms with Crippen LogP contribution in [0.4, 0.5) is 4.79 Å². The molecule has 1 atom stereocenters. The van der Waals surface area contributed by atoms with Crippen LogP contribution in [0.5, 0.6) is 0 Å². The molecule has 8 nitrogen and oxygen atoms in total. The maximum atomic E-state index is 12.2. The highest BCUT2D eigenvalue weighted by atomic mass is 16.5. The van der Waals surface area contributed by atoms with Crippen molar-refractivity contribution in [3.8, 4) is 0 Å². The highest BCUT2D eigenvalue weighted by Crippen LogP contribution is 2.10. The Bertz CT molecular complexity index is 623. The Morgan fingerprint density at radius 1 is 1.31 bits per heavy atom. The molecule has 1 fully saturated rings. The van der Waals surface area contributed by atoms with Gasteiger partial charge in [0.05, 0.1) is 19.1 Å². The van der Waals surface area contributed by atoms with Crippen LogP contribution in [-0.2, 0) is 20.9 Å². The summed E-state index contributed by atoms with van der Waals surface area (Å²) in [6.45, 7) is 1.76. The summed E-state index contributed by atoms with van der Waals surface area (Å²) in [6.07, 6.45) is -0.424. The van der Waals surface area contributed by atoms with E-state index < -0.39 is 12.1 Å². The van der Waals surface area contributed by atoms with Crippen LogP contribution in [0, 0.1) is 0 Å². The Hall–Kier alpha value is -2.61. The number of carboxylic acid groups (broad SMARTS) is 1. The van der Waals surface area contributed by atoms with Gasteiger partial charge in [-0.3, -0.25) is 9.59 Å². The maximum Gasteiger partial charge on any atom is 0.317 e. The molecular weight excluding hydrogens is 338 g/mol. The molecule has 26 heavy (non-hydrogen) atoms. The van der Waals surface area contributed by atoms with Crippen molar-refractivity contribution in [2.75, 3.05) is 33.3 Å². The van der Waals surface area contributed by atoms with E-state index in [9.17, 15) is 14.4 Å². The number of hydrogen-bond donors (Lipinski definition) is 2. The number of nitrogens with one attached hydrogen (secondary N) is 1. The van der Waals surface area contributed by atoms with Gasteiger partial charge in [-0.05, 0) is 5.56 Å². The molecule has 2 rings (SSSR count). The van der Waals surface area contributed by atoms with Crippen molar-refractivity contribution in [2.24, 2.45) is 0 Å². The van der Waals surface area contributed by atoms with Crippen LogP contribution in [0.2, 0.25) is 0 Å². The lowest BCUT2D eigenvalue weighted by molar-refractivity contribution is -0.147. The van der Waals surface area contributed by atoms with Gasteiger partial charge in [0.15, 0.2) is 0 Å². The third-order valence-corrected chi connectivity index (χ3v) is 4.12. The molecule has 0 bridgehead atoms. The lowest BCUT2D eigenvalue weighted by atomic mass is 10.2. The molecule has 8 heteroatoms. The zero-order valence-electron chi connectivity index (χ0n) is 14.9. The first-order valence-corrected chi connectivity index (χ1v) is 8.59. The molecule has 0 spiro atoms. The largest absolute Gasteiger partial charge is 0.481 e. The minimum atomic E-state index is -0.946. The fourth-order valence-corrected chi connectivity index (χ4v) is 2.76. The van der Waals surface area contributed by atoms with Gasteiger partial charge in [0.2, 0.25) is 5.91 Å². The Morgan fingerprint density at radius 3 is 2.73 bits per heavy atom. The molecular formula is C18H25N3O5. The van der Waals surface area contributed by atoms with Gasteiger partial charge in [0, 0.05) is 39.6 Å². The number of benzene rings is 1. The van der Waals surface area contributed by atoms with Crippen molar-refractivity contribution in [3.63, 3.8) is 0 Å². The maximum absolute atomic E-state index is 12.2. The van der Waals surface area contributed by atoms with Crippen LogP contribution in [0.3, 0.4) is 0 Å². The molecule has 1 saturated heterocycles. The highest BCUT2D eigenvalue weighted by molar-refractivity contribution is 5.78. The number of urea groups is 1. The van der Waals surface area contributed by atoms with Crippen LogP contribution in [0.1, 0.15) is 18.4 Å². The van der Waals surface area contributed by atoms with Crippen molar-refractivity contribution in [2.45, 2.75) is 25.5 Å². The molecule has 0 aliphatic carbocycles. The summed E-state index contributed by atoms with van der Waals surface area (Å²) in [5.74, 6) is -1.06. The zero-order chi connectivity index (χ0) is 18.9. The van der Waals surface area contributed by atoms with Crippen molar-refractivity contribution < 1.29 is 24.2 Å². The Balaban J connectivity index is 1.70. The minimum absolute atomic E-state index is 0.116. The average Bonchev–Trinajstić information content (AvgIpc) is 2.62. The topological polar surface area (TPSA) is 99.2 Å². The number of amides is 3. The van der Waals surface area contributed by atoms with Crippen LogP contribution in [-0.4, -0.2) is 72.2 Å². The molecule has 1 heterocycles. The molecule has 0 radical (unpaired) electrons. The Kier molecular flexibility index (Phi) is 7.40. The van der Waals surface area contributed by atoms with E-state index in [1.807, 2.05) is 30.3 Å². The monoisotopic (exact) mass is 363 g/mol. The summed E-state index contributed by atoms with van der Waals surface area (Å²) in [5, 5.41) is 11.5.